The maximum atomic E-state index is 13.0. The van der Waals surface area contributed by atoms with Crippen molar-refractivity contribution in [1.82, 2.24) is 14.9 Å². The summed E-state index contributed by atoms with van der Waals surface area (Å²) in [6.45, 7) is 2.04. The quantitative estimate of drug-likeness (QED) is 0.709. The Morgan fingerprint density at radius 1 is 1.41 bits per heavy atom. The monoisotopic (exact) mass is 382 g/mol. The normalized spacial score (nSPS) is 17.7. The summed E-state index contributed by atoms with van der Waals surface area (Å²) in [7, 11) is 1.74. The van der Waals surface area contributed by atoms with E-state index in [2.05, 4.69) is 10.3 Å². The average molecular weight is 382 g/mol. The van der Waals surface area contributed by atoms with Gasteiger partial charge in [-0.25, -0.2) is 4.98 Å². The predicted octanol–water partition coefficient (Wildman–Crippen LogP) is 3.41. The number of nitrogens with zero attached hydrogens (tertiary/aromatic N) is 2. The molecule has 0 atom stereocenters. The lowest BCUT2D eigenvalue weighted by molar-refractivity contribution is 0.0731. The molecular formula is C20H22N4O2S. The van der Waals surface area contributed by atoms with Crippen molar-refractivity contribution in [3.05, 3.63) is 46.6 Å². The maximum absolute atomic E-state index is 13.0. The fourth-order valence-electron chi connectivity index (χ4n) is 3.74. The lowest BCUT2D eigenvalue weighted by atomic mass is 10.1. The van der Waals surface area contributed by atoms with Gasteiger partial charge in [0, 0.05) is 35.9 Å². The molecule has 0 saturated heterocycles. The summed E-state index contributed by atoms with van der Waals surface area (Å²) in [4.78, 5) is 24.1. The molecule has 2 aliphatic rings. The van der Waals surface area contributed by atoms with E-state index in [-0.39, 0.29) is 11.4 Å². The van der Waals surface area contributed by atoms with Crippen LogP contribution in [0.3, 0.4) is 0 Å². The van der Waals surface area contributed by atoms with Gasteiger partial charge in [-0.1, -0.05) is 29.5 Å². The fourth-order valence-corrected chi connectivity index (χ4v) is 4.88. The molecular weight excluding hydrogens is 360 g/mol. The highest BCUT2D eigenvalue weighted by atomic mass is 32.1. The van der Waals surface area contributed by atoms with E-state index >= 15 is 0 Å². The Kier molecular flexibility index (Phi) is 3.94. The minimum atomic E-state index is 0.0535. The van der Waals surface area contributed by atoms with Crippen LogP contribution in [0.15, 0.2) is 30.3 Å². The van der Waals surface area contributed by atoms with Crippen LogP contribution in [0, 0.1) is 0 Å². The van der Waals surface area contributed by atoms with Gasteiger partial charge in [-0.05, 0) is 25.0 Å². The second-order valence-corrected chi connectivity index (χ2v) is 8.56. The Hall–Kier alpha value is -2.38. The van der Waals surface area contributed by atoms with Crippen LogP contribution < -0.4 is 5.32 Å². The van der Waals surface area contributed by atoms with Crippen LogP contribution in [0.25, 0.3) is 10.9 Å². The molecule has 1 aromatic carbocycles. The summed E-state index contributed by atoms with van der Waals surface area (Å²) in [6.07, 6.45) is 3.04. The molecule has 27 heavy (non-hydrogen) atoms. The first-order chi connectivity index (χ1) is 13.2. The van der Waals surface area contributed by atoms with E-state index in [4.69, 9.17) is 9.72 Å². The molecule has 0 radical (unpaired) electrons. The molecule has 1 amide bonds. The first-order valence-corrected chi connectivity index (χ1v) is 10.1. The average Bonchev–Trinajstić information content (AvgIpc) is 3.13. The van der Waals surface area contributed by atoms with Crippen molar-refractivity contribution >= 4 is 33.3 Å². The summed E-state index contributed by atoms with van der Waals surface area (Å²) in [6, 6.07) is 9.91. The van der Waals surface area contributed by atoms with Crippen molar-refractivity contribution in [1.29, 1.82) is 0 Å². The molecule has 1 aliphatic heterocycles. The van der Waals surface area contributed by atoms with Crippen molar-refractivity contribution in [2.45, 2.75) is 31.3 Å². The van der Waals surface area contributed by atoms with Crippen LogP contribution in [-0.4, -0.2) is 46.6 Å². The van der Waals surface area contributed by atoms with E-state index in [0.29, 0.717) is 25.4 Å². The summed E-state index contributed by atoms with van der Waals surface area (Å²) in [5.74, 6) is 0.0535. The standard InChI is InChI=1S/C20H22N4O2S/c1-26-12-20(7-8-20)23-19-22-15-6-9-24(11-17(15)27-19)18(25)16-10-13-4-2-3-5-14(13)21-16/h2-5,10,21H,6-9,11-12H2,1H3,(H,22,23). The Morgan fingerprint density at radius 2 is 2.26 bits per heavy atom. The van der Waals surface area contributed by atoms with E-state index < -0.39 is 0 Å². The third kappa shape index (κ3) is 3.11. The predicted molar refractivity (Wildman–Crippen MR) is 106 cm³/mol. The molecule has 1 saturated carbocycles. The van der Waals surface area contributed by atoms with E-state index in [1.165, 1.54) is 4.88 Å². The van der Waals surface area contributed by atoms with Crippen LogP contribution in [0.5, 0.6) is 0 Å². The third-order valence-electron chi connectivity index (χ3n) is 5.43. The van der Waals surface area contributed by atoms with Crippen molar-refractivity contribution < 1.29 is 9.53 Å². The highest BCUT2D eigenvalue weighted by molar-refractivity contribution is 7.15. The van der Waals surface area contributed by atoms with Crippen LogP contribution in [0.4, 0.5) is 5.13 Å². The van der Waals surface area contributed by atoms with Crippen LogP contribution in [0.2, 0.25) is 0 Å². The number of aromatic amines is 1. The number of amides is 1. The van der Waals surface area contributed by atoms with Gasteiger partial charge in [0.05, 0.1) is 24.4 Å². The smallest absolute Gasteiger partial charge is 0.270 e. The number of benzene rings is 1. The molecule has 3 heterocycles. The molecule has 6 nitrogen and oxygen atoms in total. The first-order valence-electron chi connectivity index (χ1n) is 9.29. The van der Waals surface area contributed by atoms with Crippen LogP contribution in [0.1, 0.15) is 33.9 Å². The summed E-state index contributed by atoms with van der Waals surface area (Å²) >= 11 is 1.67. The molecule has 0 spiro atoms. The van der Waals surface area contributed by atoms with E-state index in [1.807, 2.05) is 35.2 Å². The number of nitrogens with one attached hydrogen (secondary N) is 2. The molecule has 1 fully saturated rings. The highest BCUT2D eigenvalue weighted by Gasteiger charge is 2.43. The zero-order valence-electron chi connectivity index (χ0n) is 15.2. The van der Waals surface area contributed by atoms with Crippen LogP contribution >= 0.6 is 11.3 Å². The fraction of sp³-hybridized carbons (Fsp3) is 0.400. The number of hydrogen-bond acceptors (Lipinski definition) is 5. The minimum Gasteiger partial charge on any atom is -0.382 e. The summed E-state index contributed by atoms with van der Waals surface area (Å²) in [5.41, 5.74) is 2.83. The number of para-hydroxylation sites is 1. The Labute approximate surface area is 161 Å². The lowest BCUT2D eigenvalue weighted by Crippen LogP contribution is -2.35. The number of thiazole rings is 1. The van der Waals surface area contributed by atoms with Gasteiger partial charge in [-0.15, -0.1) is 0 Å². The Morgan fingerprint density at radius 3 is 3.04 bits per heavy atom. The molecule has 7 heteroatoms. The van der Waals surface area contributed by atoms with Crippen LogP contribution in [-0.2, 0) is 17.7 Å². The van der Waals surface area contributed by atoms with Gasteiger partial charge >= 0.3 is 0 Å². The number of rotatable bonds is 5. The molecule has 1 aliphatic carbocycles. The zero-order valence-corrected chi connectivity index (χ0v) is 16.1. The largest absolute Gasteiger partial charge is 0.382 e. The van der Waals surface area contributed by atoms with Crippen molar-refractivity contribution in [2.75, 3.05) is 25.6 Å². The molecule has 140 valence electrons. The van der Waals surface area contributed by atoms with Crippen molar-refractivity contribution in [3.8, 4) is 0 Å². The molecule has 0 bridgehead atoms. The third-order valence-corrected chi connectivity index (χ3v) is 6.42. The van der Waals surface area contributed by atoms with Gasteiger partial charge in [0.15, 0.2) is 5.13 Å². The Balaban J connectivity index is 1.32. The Bertz CT molecular complexity index is 972. The zero-order chi connectivity index (χ0) is 18.4. The van der Waals surface area contributed by atoms with E-state index in [1.54, 1.807) is 18.4 Å². The van der Waals surface area contributed by atoms with E-state index in [9.17, 15) is 4.79 Å². The number of carbonyl (C=O) groups is 1. The van der Waals surface area contributed by atoms with Gasteiger partial charge in [0.2, 0.25) is 0 Å². The minimum absolute atomic E-state index is 0.0535. The van der Waals surface area contributed by atoms with Gasteiger partial charge in [0.25, 0.3) is 5.91 Å². The number of carbonyl (C=O) groups excluding carboxylic acids is 1. The first kappa shape index (κ1) is 16.8. The topological polar surface area (TPSA) is 70.2 Å². The molecule has 2 N–H and O–H groups in total. The lowest BCUT2D eigenvalue weighted by Gasteiger charge is -2.25. The number of fused-ring (bicyclic) bond motifs is 2. The van der Waals surface area contributed by atoms with Crippen molar-refractivity contribution in [2.24, 2.45) is 0 Å². The summed E-state index contributed by atoms with van der Waals surface area (Å²) in [5, 5.41) is 5.57. The molecule has 5 rings (SSSR count). The number of ether oxygens (including phenoxy) is 1. The second kappa shape index (κ2) is 6.35. The van der Waals surface area contributed by atoms with Gasteiger partial charge in [0.1, 0.15) is 5.69 Å². The number of methoxy groups -OCH3 is 1. The molecule has 3 aromatic rings. The number of aromatic nitrogens is 2. The van der Waals surface area contributed by atoms with Gasteiger partial charge in [-0.2, -0.15) is 0 Å². The second-order valence-electron chi connectivity index (χ2n) is 7.47. The SMILES string of the molecule is COCC1(Nc2nc3c(s2)CN(C(=O)c2cc4ccccc4[nH]2)CC3)CC1. The highest BCUT2D eigenvalue weighted by Crippen LogP contribution is 2.41. The number of anilines is 1. The molecule has 2 aromatic heterocycles. The van der Waals surface area contributed by atoms with Gasteiger partial charge in [-0.3, -0.25) is 4.79 Å². The van der Waals surface area contributed by atoms with E-state index in [0.717, 1.165) is 41.0 Å². The van der Waals surface area contributed by atoms with Gasteiger partial charge < -0.3 is 19.9 Å². The number of hydrogen-bond donors (Lipinski definition) is 2. The number of H-pyrrole nitrogens is 1. The molecule has 0 unspecified atom stereocenters. The maximum Gasteiger partial charge on any atom is 0.270 e. The van der Waals surface area contributed by atoms with Crippen molar-refractivity contribution in [3.63, 3.8) is 0 Å². The summed E-state index contributed by atoms with van der Waals surface area (Å²) < 4.78 is 5.32.